The molecule has 0 spiro atoms. The van der Waals surface area contributed by atoms with Crippen molar-refractivity contribution < 1.29 is 31.1 Å². The molecular formula is C15H14F3NO4S. The first-order valence-electron chi connectivity index (χ1n) is 6.82. The number of hydrogen-bond donors (Lipinski definition) is 1. The van der Waals surface area contributed by atoms with Crippen molar-refractivity contribution in [3.63, 3.8) is 0 Å². The average Bonchev–Trinajstić information content (AvgIpc) is 2.46. The molecule has 5 nitrogen and oxygen atoms in total. The fourth-order valence-electron chi connectivity index (χ4n) is 1.91. The maximum atomic E-state index is 12.4. The number of nitrogens with one attached hydrogen (secondary N) is 1. The van der Waals surface area contributed by atoms with Crippen LogP contribution in [0, 0.1) is 0 Å². The lowest BCUT2D eigenvalue weighted by molar-refractivity contribution is -0.275. The van der Waals surface area contributed by atoms with Crippen molar-refractivity contribution in [2.45, 2.75) is 18.2 Å². The first kappa shape index (κ1) is 17.9. The molecule has 24 heavy (non-hydrogen) atoms. The van der Waals surface area contributed by atoms with Gasteiger partial charge in [0.05, 0.1) is 12.3 Å². The Morgan fingerprint density at radius 2 is 1.79 bits per heavy atom. The molecule has 2 rings (SSSR count). The van der Waals surface area contributed by atoms with Crippen LogP contribution in [0.15, 0.2) is 53.4 Å². The Bertz CT molecular complexity index is 806. The summed E-state index contributed by atoms with van der Waals surface area (Å²) in [6.45, 7) is 2.15. The van der Waals surface area contributed by atoms with E-state index < -0.39 is 27.0 Å². The second-order valence-electron chi connectivity index (χ2n) is 4.56. The smallest absolute Gasteiger partial charge is 0.494 e. The summed E-state index contributed by atoms with van der Waals surface area (Å²) in [5.74, 6) is -0.379. The van der Waals surface area contributed by atoms with Gasteiger partial charge in [-0.1, -0.05) is 18.2 Å². The van der Waals surface area contributed by atoms with Gasteiger partial charge in [-0.25, -0.2) is 8.42 Å². The van der Waals surface area contributed by atoms with Crippen molar-refractivity contribution in [1.29, 1.82) is 0 Å². The van der Waals surface area contributed by atoms with Gasteiger partial charge in [0.25, 0.3) is 10.0 Å². The lowest BCUT2D eigenvalue weighted by atomic mass is 10.3. The predicted molar refractivity (Wildman–Crippen MR) is 81.5 cm³/mol. The number of rotatable bonds is 6. The lowest BCUT2D eigenvalue weighted by Crippen LogP contribution is -2.20. The Kier molecular flexibility index (Phi) is 5.23. The zero-order valence-corrected chi connectivity index (χ0v) is 13.3. The van der Waals surface area contributed by atoms with Crippen LogP contribution in [0.2, 0.25) is 0 Å². The van der Waals surface area contributed by atoms with Gasteiger partial charge < -0.3 is 9.47 Å². The van der Waals surface area contributed by atoms with Gasteiger partial charge in [0.2, 0.25) is 0 Å². The van der Waals surface area contributed by atoms with E-state index in [1.807, 2.05) is 0 Å². The number of alkyl halides is 3. The summed E-state index contributed by atoms with van der Waals surface area (Å²) >= 11 is 0. The Hall–Kier alpha value is -2.42. The molecule has 0 atom stereocenters. The zero-order chi connectivity index (χ0) is 17.8. The largest absolute Gasteiger partial charge is 0.573 e. The van der Waals surface area contributed by atoms with Crippen molar-refractivity contribution in [2.75, 3.05) is 11.3 Å². The first-order chi connectivity index (χ1) is 11.2. The molecule has 0 radical (unpaired) electrons. The summed E-state index contributed by atoms with van der Waals surface area (Å²) in [5, 5.41) is 0. The number of benzene rings is 2. The maximum Gasteiger partial charge on any atom is 0.573 e. The highest BCUT2D eigenvalue weighted by Crippen LogP contribution is 2.31. The van der Waals surface area contributed by atoms with E-state index >= 15 is 0 Å². The quantitative estimate of drug-likeness (QED) is 0.850. The van der Waals surface area contributed by atoms with Crippen LogP contribution in [-0.4, -0.2) is 21.4 Å². The van der Waals surface area contributed by atoms with Gasteiger partial charge in [-0.3, -0.25) is 4.72 Å². The number of anilines is 1. The first-order valence-corrected chi connectivity index (χ1v) is 8.30. The summed E-state index contributed by atoms with van der Waals surface area (Å²) in [7, 11) is -4.28. The van der Waals surface area contributed by atoms with Gasteiger partial charge >= 0.3 is 6.36 Å². The molecule has 0 saturated carbocycles. The minimum absolute atomic E-state index is 0.155. The average molecular weight is 361 g/mol. The van der Waals surface area contributed by atoms with Crippen LogP contribution in [0.3, 0.4) is 0 Å². The molecule has 0 unspecified atom stereocenters. The standard InChI is InChI=1S/C15H14F3NO4S/c1-2-22-12-7-5-6-11(10-12)19-24(20,21)14-9-4-3-8-13(14)23-15(16,17)18/h3-10,19H,2H2,1H3. The molecule has 0 bridgehead atoms. The molecule has 0 heterocycles. The minimum Gasteiger partial charge on any atom is -0.494 e. The van der Waals surface area contributed by atoms with E-state index in [-0.39, 0.29) is 5.69 Å². The number of para-hydroxylation sites is 1. The highest BCUT2D eigenvalue weighted by atomic mass is 32.2. The molecular weight excluding hydrogens is 347 g/mol. The van der Waals surface area contributed by atoms with E-state index in [1.165, 1.54) is 24.3 Å². The highest BCUT2D eigenvalue weighted by molar-refractivity contribution is 7.92. The van der Waals surface area contributed by atoms with Crippen LogP contribution in [0.25, 0.3) is 0 Å². The van der Waals surface area contributed by atoms with E-state index in [0.29, 0.717) is 12.4 Å². The molecule has 9 heteroatoms. The van der Waals surface area contributed by atoms with Crippen molar-refractivity contribution >= 4 is 15.7 Å². The van der Waals surface area contributed by atoms with E-state index in [0.717, 1.165) is 12.1 Å². The molecule has 0 aliphatic heterocycles. The Labute approximate surface area is 137 Å². The van der Waals surface area contributed by atoms with Crippen molar-refractivity contribution in [2.24, 2.45) is 0 Å². The summed E-state index contributed by atoms with van der Waals surface area (Å²) in [6.07, 6.45) is -5.00. The normalized spacial score (nSPS) is 11.8. The molecule has 0 amide bonds. The zero-order valence-electron chi connectivity index (χ0n) is 12.5. The highest BCUT2D eigenvalue weighted by Gasteiger charge is 2.34. The second kappa shape index (κ2) is 7.00. The van der Waals surface area contributed by atoms with Gasteiger partial charge in [-0.05, 0) is 31.2 Å². The van der Waals surface area contributed by atoms with Crippen molar-refractivity contribution in [1.82, 2.24) is 0 Å². The lowest BCUT2D eigenvalue weighted by Gasteiger charge is -2.14. The molecule has 130 valence electrons. The fraction of sp³-hybridized carbons (Fsp3) is 0.200. The topological polar surface area (TPSA) is 64.6 Å². The van der Waals surface area contributed by atoms with Gasteiger partial charge in [-0.2, -0.15) is 0 Å². The number of sulfonamides is 1. The predicted octanol–water partition coefficient (Wildman–Crippen LogP) is 3.78. The monoisotopic (exact) mass is 361 g/mol. The van der Waals surface area contributed by atoms with Crippen molar-refractivity contribution in [3.8, 4) is 11.5 Å². The van der Waals surface area contributed by atoms with Crippen molar-refractivity contribution in [3.05, 3.63) is 48.5 Å². The Morgan fingerprint density at radius 1 is 1.08 bits per heavy atom. The summed E-state index contributed by atoms with van der Waals surface area (Å²) in [4.78, 5) is -0.621. The van der Waals surface area contributed by atoms with E-state index in [9.17, 15) is 21.6 Å². The minimum atomic E-state index is -5.00. The fourth-order valence-corrected chi connectivity index (χ4v) is 3.09. The number of ether oxygens (including phenoxy) is 2. The van der Waals surface area contributed by atoms with Crippen LogP contribution >= 0.6 is 0 Å². The number of halogens is 3. The molecule has 2 aromatic rings. The van der Waals surface area contributed by atoms with E-state index in [4.69, 9.17) is 4.74 Å². The van der Waals surface area contributed by atoms with E-state index in [2.05, 4.69) is 9.46 Å². The molecule has 0 saturated heterocycles. The van der Waals surface area contributed by atoms with Gasteiger partial charge in [0.15, 0.2) is 0 Å². The summed E-state index contributed by atoms with van der Waals surface area (Å²) in [6, 6.07) is 10.6. The van der Waals surface area contributed by atoms with Gasteiger partial charge in [-0.15, -0.1) is 13.2 Å². The SMILES string of the molecule is CCOc1cccc(NS(=O)(=O)c2ccccc2OC(F)(F)F)c1. The van der Waals surface area contributed by atoms with E-state index in [1.54, 1.807) is 19.1 Å². The molecule has 0 fully saturated rings. The van der Waals surface area contributed by atoms with Crippen LogP contribution in [0.5, 0.6) is 11.5 Å². The Balaban J connectivity index is 2.33. The van der Waals surface area contributed by atoms with Gasteiger partial charge in [0, 0.05) is 6.07 Å². The molecule has 0 aliphatic rings. The summed E-state index contributed by atoms with van der Waals surface area (Å²) < 4.78 is 73.2. The summed E-state index contributed by atoms with van der Waals surface area (Å²) in [5.41, 5.74) is 0.155. The Morgan fingerprint density at radius 3 is 2.46 bits per heavy atom. The maximum absolute atomic E-state index is 12.4. The molecule has 1 N–H and O–H groups in total. The van der Waals surface area contributed by atoms with Gasteiger partial charge in [0.1, 0.15) is 16.4 Å². The van der Waals surface area contributed by atoms with Crippen LogP contribution in [0.4, 0.5) is 18.9 Å². The second-order valence-corrected chi connectivity index (χ2v) is 6.21. The van der Waals surface area contributed by atoms with Crippen LogP contribution < -0.4 is 14.2 Å². The third-order valence-electron chi connectivity index (χ3n) is 2.76. The number of hydrogen-bond acceptors (Lipinski definition) is 4. The third-order valence-corrected chi connectivity index (χ3v) is 4.18. The third kappa shape index (κ3) is 4.79. The molecule has 2 aromatic carbocycles. The molecule has 0 aromatic heterocycles. The van der Waals surface area contributed by atoms with Crippen LogP contribution in [0.1, 0.15) is 6.92 Å². The molecule has 0 aliphatic carbocycles. The van der Waals surface area contributed by atoms with Crippen LogP contribution in [-0.2, 0) is 10.0 Å².